The fraction of sp³-hybridized carbons (Fsp3) is 0.923. The van der Waals surface area contributed by atoms with E-state index in [0.29, 0.717) is 30.5 Å². The predicted molar refractivity (Wildman–Crippen MR) is 129 cm³/mol. The quantitative estimate of drug-likeness (QED) is 0.136. The first-order valence-electron chi connectivity index (χ1n) is 13.0. The lowest BCUT2D eigenvalue weighted by molar-refractivity contribution is -0.890. The second kappa shape index (κ2) is 23.4. The Balaban J connectivity index is 0. The maximum atomic E-state index is 11.9. The normalized spacial score (nSPS) is 11.1. The summed E-state index contributed by atoms with van der Waals surface area (Å²) in [4.78, 5) is 23.7. The molecule has 5 nitrogen and oxygen atoms in total. The molecular formula is C26H52ClNO4. The zero-order chi connectivity index (χ0) is 23.2. The number of hydrogen-bond donors (Lipinski definition) is 0. The number of hydrogen-bond acceptors (Lipinski definition) is 4. The topological polar surface area (TPSA) is 52.6 Å². The standard InChI is InChI=1S/C26H52NO4.ClH/c1-5-7-9-11-13-15-17-19-25(28)30-23-21-27(3,4)22-24-31-26(29)20-18-16-14-12-10-8-6-2;/h5-24H2,1-4H3;1H/q+1;/p-1. The van der Waals surface area contributed by atoms with E-state index in [1.165, 1.54) is 64.2 Å². The Morgan fingerprint density at radius 3 is 1.22 bits per heavy atom. The third kappa shape index (κ3) is 23.8. The molecular weight excluding hydrogens is 426 g/mol. The number of carbonyl (C=O) groups excluding carboxylic acids is 2. The van der Waals surface area contributed by atoms with Crippen LogP contribution in [-0.4, -0.2) is 56.8 Å². The van der Waals surface area contributed by atoms with Crippen molar-refractivity contribution in [2.45, 2.75) is 117 Å². The fourth-order valence-electron chi connectivity index (χ4n) is 3.52. The van der Waals surface area contributed by atoms with E-state index in [4.69, 9.17) is 9.47 Å². The molecule has 0 amide bonds. The van der Waals surface area contributed by atoms with Gasteiger partial charge in [-0.1, -0.05) is 90.9 Å². The first kappa shape index (κ1) is 33.4. The van der Waals surface area contributed by atoms with Gasteiger partial charge in [0.05, 0.1) is 14.1 Å². The molecule has 0 bridgehead atoms. The molecule has 0 fully saturated rings. The van der Waals surface area contributed by atoms with Crippen LogP contribution >= 0.6 is 0 Å². The van der Waals surface area contributed by atoms with Gasteiger partial charge in [0, 0.05) is 12.8 Å². The summed E-state index contributed by atoms with van der Waals surface area (Å²) >= 11 is 0. The number of rotatable bonds is 22. The van der Waals surface area contributed by atoms with Crippen LogP contribution in [0.4, 0.5) is 0 Å². The second-order valence-electron chi connectivity index (χ2n) is 9.57. The maximum absolute atomic E-state index is 11.9. The Kier molecular flexibility index (Phi) is 24.3. The van der Waals surface area contributed by atoms with E-state index >= 15 is 0 Å². The lowest BCUT2D eigenvalue weighted by Gasteiger charge is -2.29. The summed E-state index contributed by atoms with van der Waals surface area (Å²) in [7, 11) is 4.16. The molecule has 0 aliphatic carbocycles. The Bertz CT molecular complexity index is 406. The molecule has 0 rings (SSSR count). The molecule has 192 valence electrons. The van der Waals surface area contributed by atoms with Gasteiger partial charge in [0.1, 0.15) is 26.3 Å². The zero-order valence-electron chi connectivity index (χ0n) is 21.6. The van der Waals surface area contributed by atoms with Crippen molar-refractivity contribution < 1.29 is 36.0 Å². The summed E-state index contributed by atoms with van der Waals surface area (Å²) in [6, 6.07) is 0. The van der Waals surface area contributed by atoms with Gasteiger partial charge in [-0.25, -0.2) is 0 Å². The second-order valence-corrected chi connectivity index (χ2v) is 9.57. The summed E-state index contributed by atoms with van der Waals surface area (Å²) in [5.41, 5.74) is 0. The third-order valence-corrected chi connectivity index (χ3v) is 5.89. The highest BCUT2D eigenvalue weighted by molar-refractivity contribution is 5.69. The SMILES string of the molecule is CCCCCCCCCC(=O)OCC[N+](C)(C)CCOC(=O)CCCCCCCCC.[Cl-]. The van der Waals surface area contributed by atoms with Crippen molar-refractivity contribution in [3.63, 3.8) is 0 Å². The van der Waals surface area contributed by atoms with Crippen LogP contribution in [-0.2, 0) is 19.1 Å². The number of likely N-dealkylation sites (N-methyl/N-ethyl adjacent to an activating group) is 1. The van der Waals surface area contributed by atoms with Crippen LogP contribution in [0.2, 0.25) is 0 Å². The van der Waals surface area contributed by atoms with Gasteiger partial charge in [0.2, 0.25) is 0 Å². The largest absolute Gasteiger partial charge is 1.00 e. The van der Waals surface area contributed by atoms with Gasteiger partial charge in [-0.3, -0.25) is 9.59 Å². The van der Waals surface area contributed by atoms with Gasteiger partial charge in [0.25, 0.3) is 0 Å². The molecule has 0 spiro atoms. The first-order valence-corrected chi connectivity index (χ1v) is 13.0. The summed E-state index contributed by atoms with van der Waals surface area (Å²) in [5.74, 6) is -0.177. The summed E-state index contributed by atoms with van der Waals surface area (Å²) in [5, 5.41) is 0. The molecule has 0 aliphatic heterocycles. The van der Waals surface area contributed by atoms with E-state index in [2.05, 4.69) is 27.9 Å². The fourth-order valence-corrected chi connectivity index (χ4v) is 3.52. The summed E-state index contributed by atoms with van der Waals surface area (Å²) in [6.07, 6.45) is 17.9. The van der Waals surface area contributed by atoms with Gasteiger partial charge in [-0.15, -0.1) is 0 Å². The average molecular weight is 478 g/mol. The van der Waals surface area contributed by atoms with Crippen molar-refractivity contribution in [1.29, 1.82) is 0 Å². The number of nitrogens with zero attached hydrogens (tertiary/aromatic N) is 1. The number of ether oxygens (including phenoxy) is 2. The Morgan fingerprint density at radius 1 is 0.562 bits per heavy atom. The Labute approximate surface area is 205 Å². The van der Waals surface area contributed by atoms with Gasteiger partial charge in [-0.2, -0.15) is 0 Å². The van der Waals surface area contributed by atoms with Crippen LogP contribution in [0.25, 0.3) is 0 Å². The molecule has 0 N–H and O–H groups in total. The molecule has 0 aliphatic rings. The van der Waals surface area contributed by atoms with Gasteiger partial charge >= 0.3 is 11.9 Å². The highest BCUT2D eigenvalue weighted by Crippen LogP contribution is 2.10. The van der Waals surface area contributed by atoms with Crippen LogP contribution in [0.15, 0.2) is 0 Å². The van der Waals surface area contributed by atoms with Gasteiger partial charge in [-0.05, 0) is 12.8 Å². The molecule has 32 heavy (non-hydrogen) atoms. The number of esters is 2. The predicted octanol–water partition coefficient (Wildman–Crippen LogP) is 3.43. The van der Waals surface area contributed by atoms with Crippen molar-refractivity contribution in [2.75, 3.05) is 40.4 Å². The molecule has 0 aromatic rings. The Morgan fingerprint density at radius 2 is 0.875 bits per heavy atom. The van der Waals surface area contributed by atoms with E-state index in [0.717, 1.165) is 38.8 Å². The minimum Gasteiger partial charge on any atom is -1.00 e. The number of carbonyl (C=O) groups is 2. The molecule has 0 aromatic heterocycles. The molecule has 0 aromatic carbocycles. The molecule has 0 atom stereocenters. The van der Waals surface area contributed by atoms with E-state index in [9.17, 15) is 9.59 Å². The number of unbranched alkanes of at least 4 members (excludes halogenated alkanes) is 12. The monoisotopic (exact) mass is 477 g/mol. The van der Waals surface area contributed by atoms with E-state index < -0.39 is 0 Å². The Hall–Kier alpha value is -0.810. The lowest BCUT2D eigenvalue weighted by Crippen LogP contribution is -3.00. The minimum atomic E-state index is -0.0883. The van der Waals surface area contributed by atoms with E-state index in [1.54, 1.807) is 0 Å². The highest BCUT2D eigenvalue weighted by Gasteiger charge is 2.17. The van der Waals surface area contributed by atoms with Crippen molar-refractivity contribution in [2.24, 2.45) is 0 Å². The van der Waals surface area contributed by atoms with Gasteiger partial charge in [0.15, 0.2) is 0 Å². The van der Waals surface area contributed by atoms with Crippen LogP contribution < -0.4 is 12.4 Å². The highest BCUT2D eigenvalue weighted by atomic mass is 35.5. The maximum Gasteiger partial charge on any atom is 0.305 e. The number of halogens is 1. The molecule has 0 saturated carbocycles. The van der Waals surface area contributed by atoms with Crippen LogP contribution in [0.5, 0.6) is 0 Å². The average Bonchev–Trinajstić information content (AvgIpc) is 2.72. The van der Waals surface area contributed by atoms with Crippen LogP contribution in [0, 0.1) is 0 Å². The van der Waals surface area contributed by atoms with Crippen molar-refractivity contribution in [1.82, 2.24) is 0 Å². The van der Waals surface area contributed by atoms with Gasteiger partial charge < -0.3 is 26.4 Å². The molecule has 6 heteroatoms. The summed E-state index contributed by atoms with van der Waals surface area (Å²) < 4.78 is 11.5. The van der Waals surface area contributed by atoms with Crippen LogP contribution in [0.3, 0.4) is 0 Å². The third-order valence-electron chi connectivity index (χ3n) is 5.89. The van der Waals surface area contributed by atoms with Crippen molar-refractivity contribution in [3.8, 4) is 0 Å². The van der Waals surface area contributed by atoms with Crippen LogP contribution in [0.1, 0.15) is 117 Å². The van der Waals surface area contributed by atoms with E-state index in [-0.39, 0.29) is 24.3 Å². The molecule has 0 heterocycles. The smallest absolute Gasteiger partial charge is 0.305 e. The molecule has 0 unspecified atom stereocenters. The number of quaternary nitrogens is 1. The van der Waals surface area contributed by atoms with E-state index in [1.807, 2.05) is 0 Å². The minimum absolute atomic E-state index is 0. The molecule has 0 radical (unpaired) electrons. The van der Waals surface area contributed by atoms with Crippen molar-refractivity contribution >= 4 is 11.9 Å². The lowest BCUT2D eigenvalue weighted by atomic mass is 10.1. The van der Waals surface area contributed by atoms with Crippen molar-refractivity contribution in [3.05, 3.63) is 0 Å². The summed E-state index contributed by atoms with van der Waals surface area (Å²) in [6.45, 7) is 6.76. The first-order chi connectivity index (χ1) is 14.9. The zero-order valence-corrected chi connectivity index (χ0v) is 22.4. The molecule has 0 saturated heterocycles.